The highest BCUT2D eigenvalue weighted by atomic mass is 32.2. The Morgan fingerprint density at radius 2 is 1.83 bits per heavy atom. The highest BCUT2D eigenvalue weighted by molar-refractivity contribution is 7.90. The highest BCUT2D eigenvalue weighted by Gasteiger charge is 2.26. The van der Waals surface area contributed by atoms with E-state index < -0.39 is 9.84 Å². The van der Waals surface area contributed by atoms with E-state index in [1.807, 2.05) is 0 Å². The summed E-state index contributed by atoms with van der Waals surface area (Å²) < 4.78 is 22.2. The second kappa shape index (κ2) is 6.38. The Balaban J connectivity index is 2.34. The normalized spacial score (nSPS) is 23.9. The summed E-state index contributed by atoms with van der Waals surface area (Å²) in [6.07, 6.45) is 5.92. The molecule has 0 aromatic heterocycles. The Morgan fingerprint density at radius 3 is 2.39 bits per heavy atom. The lowest BCUT2D eigenvalue weighted by Crippen LogP contribution is -2.28. The van der Waals surface area contributed by atoms with Crippen molar-refractivity contribution in [2.24, 2.45) is 11.3 Å². The van der Waals surface area contributed by atoms with Crippen molar-refractivity contribution >= 4 is 9.84 Å². The molecule has 1 rings (SSSR count). The number of nitrogens with zero attached hydrogens (tertiary/aromatic N) is 1. The number of hydrogen-bond donors (Lipinski definition) is 0. The summed E-state index contributed by atoms with van der Waals surface area (Å²) in [5.41, 5.74) is 0.406. The molecule has 0 aromatic rings. The van der Waals surface area contributed by atoms with Crippen LogP contribution >= 0.6 is 0 Å². The van der Waals surface area contributed by atoms with Crippen LogP contribution in [0.4, 0.5) is 0 Å². The number of likely N-dealkylation sites (tertiary alicyclic amines) is 1. The van der Waals surface area contributed by atoms with Crippen LogP contribution in [-0.4, -0.2) is 45.0 Å². The van der Waals surface area contributed by atoms with Gasteiger partial charge in [0.15, 0.2) is 0 Å². The molecule has 18 heavy (non-hydrogen) atoms. The lowest BCUT2D eigenvalue weighted by Gasteiger charge is -2.29. The maximum absolute atomic E-state index is 11.1. The summed E-state index contributed by atoms with van der Waals surface area (Å²) in [4.78, 5) is 2.44. The topological polar surface area (TPSA) is 37.4 Å². The van der Waals surface area contributed by atoms with Crippen molar-refractivity contribution in [2.75, 3.05) is 31.6 Å². The minimum absolute atomic E-state index is 0.326. The van der Waals surface area contributed by atoms with Crippen LogP contribution in [0, 0.1) is 11.3 Å². The fourth-order valence-electron chi connectivity index (χ4n) is 2.80. The number of rotatable bonds is 4. The average molecular weight is 275 g/mol. The third-order valence-corrected chi connectivity index (χ3v) is 5.07. The van der Waals surface area contributed by atoms with Crippen molar-refractivity contribution < 1.29 is 8.42 Å². The van der Waals surface area contributed by atoms with Gasteiger partial charge in [-0.1, -0.05) is 20.8 Å². The largest absolute Gasteiger partial charge is 0.303 e. The Bertz CT molecular complexity index is 343. The van der Waals surface area contributed by atoms with E-state index in [1.165, 1.54) is 25.5 Å². The van der Waals surface area contributed by atoms with E-state index in [1.54, 1.807) is 0 Å². The van der Waals surface area contributed by atoms with E-state index in [0.29, 0.717) is 11.2 Å². The van der Waals surface area contributed by atoms with Gasteiger partial charge in [0.2, 0.25) is 0 Å². The Hall–Kier alpha value is -0.0900. The van der Waals surface area contributed by atoms with Crippen molar-refractivity contribution in [3.63, 3.8) is 0 Å². The molecular weight excluding hydrogens is 246 g/mol. The van der Waals surface area contributed by atoms with Gasteiger partial charge in [0, 0.05) is 6.26 Å². The van der Waals surface area contributed by atoms with E-state index >= 15 is 0 Å². The SMILES string of the molecule is CC(C)(C)[C@@H]1CCCN(CCCS(C)(=O)=O)CC1. The summed E-state index contributed by atoms with van der Waals surface area (Å²) in [6, 6.07) is 0. The van der Waals surface area contributed by atoms with Gasteiger partial charge in [-0.15, -0.1) is 0 Å². The third-order valence-electron chi connectivity index (χ3n) is 4.03. The molecule has 0 N–H and O–H groups in total. The van der Waals surface area contributed by atoms with Gasteiger partial charge in [0.05, 0.1) is 5.75 Å². The van der Waals surface area contributed by atoms with Crippen molar-refractivity contribution in [1.82, 2.24) is 4.90 Å². The van der Waals surface area contributed by atoms with E-state index in [-0.39, 0.29) is 0 Å². The fourth-order valence-corrected chi connectivity index (χ4v) is 3.45. The Kier molecular flexibility index (Phi) is 5.66. The van der Waals surface area contributed by atoms with Crippen LogP contribution in [0.15, 0.2) is 0 Å². The van der Waals surface area contributed by atoms with Crippen LogP contribution in [0.1, 0.15) is 46.5 Å². The number of sulfone groups is 1. The quantitative estimate of drug-likeness (QED) is 0.791. The van der Waals surface area contributed by atoms with Gasteiger partial charge in [0.25, 0.3) is 0 Å². The van der Waals surface area contributed by atoms with Crippen molar-refractivity contribution in [3.8, 4) is 0 Å². The summed E-state index contributed by atoms with van der Waals surface area (Å²) in [6.45, 7) is 10.2. The van der Waals surface area contributed by atoms with Crippen molar-refractivity contribution in [3.05, 3.63) is 0 Å². The molecule has 0 spiro atoms. The molecule has 0 amide bonds. The van der Waals surface area contributed by atoms with Crippen LogP contribution in [0.5, 0.6) is 0 Å². The minimum Gasteiger partial charge on any atom is -0.303 e. The molecule has 0 unspecified atom stereocenters. The van der Waals surface area contributed by atoms with Crippen LogP contribution in [0.3, 0.4) is 0 Å². The highest BCUT2D eigenvalue weighted by Crippen LogP contribution is 2.34. The van der Waals surface area contributed by atoms with E-state index in [9.17, 15) is 8.42 Å². The molecule has 0 aromatic carbocycles. The molecule has 3 nitrogen and oxygen atoms in total. The van der Waals surface area contributed by atoms with Crippen LogP contribution < -0.4 is 0 Å². The van der Waals surface area contributed by atoms with Gasteiger partial charge in [-0.25, -0.2) is 8.42 Å². The first-order chi connectivity index (χ1) is 8.18. The zero-order chi connectivity index (χ0) is 13.8. The van der Waals surface area contributed by atoms with Gasteiger partial charge >= 0.3 is 0 Å². The summed E-state index contributed by atoms with van der Waals surface area (Å²) in [5.74, 6) is 1.13. The molecule has 1 aliphatic heterocycles. The Morgan fingerprint density at radius 1 is 1.17 bits per heavy atom. The van der Waals surface area contributed by atoms with Crippen molar-refractivity contribution in [1.29, 1.82) is 0 Å². The van der Waals surface area contributed by atoms with Gasteiger partial charge < -0.3 is 4.90 Å². The van der Waals surface area contributed by atoms with Crippen LogP contribution in [-0.2, 0) is 9.84 Å². The minimum atomic E-state index is -2.79. The molecule has 0 aliphatic carbocycles. The fraction of sp³-hybridized carbons (Fsp3) is 1.00. The average Bonchev–Trinajstić information content (AvgIpc) is 2.40. The molecule has 0 radical (unpaired) electrons. The molecule has 1 aliphatic rings. The zero-order valence-corrected chi connectivity index (χ0v) is 13.2. The molecule has 0 bridgehead atoms. The number of hydrogen-bond acceptors (Lipinski definition) is 3. The van der Waals surface area contributed by atoms with Gasteiger partial charge in [0.1, 0.15) is 9.84 Å². The van der Waals surface area contributed by atoms with Gasteiger partial charge in [-0.3, -0.25) is 0 Å². The predicted molar refractivity (Wildman–Crippen MR) is 77.6 cm³/mol. The second-order valence-electron chi connectivity index (χ2n) is 6.82. The van der Waals surface area contributed by atoms with Crippen LogP contribution in [0.2, 0.25) is 0 Å². The maximum atomic E-state index is 11.1. The molecule has 4 heteroatoms. The van der Waals surface area contributed by atoms with Crippen LogP contribution in [0.25, 0.3) is 0 Å². The molecule has 1 heterocycles. The van der Waals surface area contributed by atoms with E-state index in [2.05, 4.69) is 25.7 Å². The van der Waals surface area contributed by atoms with E-state index in [0.717, 1.165) is 32.0 Å². The zero-order valence-electron chi connectivity index (χ0n) is 12.4. The van der Waals surface area contributed by atoms with E-state index in [4.69, 9.17) is 0 Å². The lowest BCUT2D eigenvalue weighted by molar-refractivity contribution is 0.208. The van der Waals surface area contributed by atoms with Crippen molar-refractivity contribution in [2.45, 2.75) is 46.5 Å². The predicted octanol–water partition coefficient (Wildman–Crippen LogP) is 2.57. The lowest BCUT2D eigenvalue weighted by atomic mass is 9.77. The summed E-state index contributed by atoms with van der Waals surface area (Å²) in [7, 11) is -2.79. The standard InChI is InChI=1S/C14H29NO2S/c1-14(2,3)13-7-5-9-15(11-8-13)10-6-12-18(4,16)17/h13H,5-12H2,1-4H3/t13-/m1/s1. The molecular formula is C14H29NO2S. The third kappa shape index (κ3) is 6.19. The molecule has 1 fully saturated rings. The van der Waals surface area contributed by atoms with Gasteiger partial charge in [-0.2, -0.15) is 0 Å². The monoisotopic (exact) mass is 275 g/mol. The molecule has 1 atom stereocenters. The summed E-state index contributed by atoms with van der Waals surface area (Å²) >= 11 is 0. The second-order valence-corrected chi connectivity index (χ2v) is 9.08. The smallest absolute Gasteiger partial charge is 0.147 e. The first-order valence-electron chi connectivity index (χ1n) is 7.08. The molecule has 0 saturated carbocycles. The Labute approximate surface area is 113 Å². The summed E-state index contributed by atoms with van der Waals surface area (Å²) in [5, 5.41) is 0. The maximum Gasteiger partial charge on any atom is 0.147 e. The van der Waals surface area contributed by atoms with Gasteiger partial charge in [-0.05, 0) is 56.7 Å². The molecule has 1 saturated heterocycles. The first-order valence-corrected chi connectivity index (χ1v) is 9.14. The molecule has 108 valence electrons. The first kappa shape index (κ1) is 16.0.